The third-order valence-corrected chi connectivity index (χ3v) is 3.25. The molecule has 0 saturated carbocycles. The highest BCUT2D eigenvalue weighted by Gasteiger charge is 2.19. The van der Waals surface area contributed by atoms with Crippen molar-refractivity contribution in [2.24, 2.45) is 5.41 Å². The highest BCUT2D eigenvalue weighted by Crippen LogP contribution is 2.19. The van der Waals surface area contributed by atoms with Gasteiger partial charge in [0.15, 0.2) is 0 Å². The van der Waals surface area contributed by atoms with Crippen molar-refractivity contribution in [3.05, 3.63) is 34.9 Å². The molecule has 102 valence electrons. The molecule has 1 atom stereocenters. The standard InChI is InChI=1S/C15H25ClN2/c1-12(13-6-8-14(16)9-7-13)17-10-15(2,3)11-18(4)5/h6-9,12,17H,10-11H2,1-5H3. The van der Waals surface area contributed by atoms with Crippen molar-refractivity contribution in [2.45, 2.75) is 26.8 Å². The Morgan fingerprint density at radius 1 is 1.22 bits per heavy atom. The van der Waals surface area contributed by atoms with Crippen LogP contribution in [0.5, 0.6) is 0 Å². The second-order valence-corrected chi connectivity index (χ2v) is 6.49. The minimum absolute atomic E-state index is 0.268. The summed E-state index contributed by atoms with van der Waals surface area (Å²) in [6, 6.07) is 8.40. The molecule has 1 aromatic carbocycles. The van der Waals surface area contributed by atoms with Crippen molar-refractivity contribution in [3.8, 4) is 0 Å². The molecule has 0 aliphatic rings. The van der Waals surface area contributed by atoms with E-state index in [0.29, 0.717) is 6.04 Å². The van der Waals surface area contributed by atoms with Crippen LogP contribution in [0, 0.1) is 5.41 Å². The molecule has 0 radical (unpaired) electrons. The Morgan fingerprint density at radius 3 is 2.28 bits per heavy atom. The van der Waals surface area contributed by atoms with Gasteiger partial charge in [0, 0.05) is 24.2 Å². The van der Waals surface area contributed by atoms with Crippen LogP contribution in [0.3, 0.4) is 0 Å². The molecule has 0 saturated heterocycles. The number of rotatable bonds is 6. The molecule has 1 rings (SSSR count). The van der Waals surface area contributed by atoms with E-state index in [1.165, 1.54) is 5.56 Å². The second-order valence-electron chi connectivity index (χ2n) is 6.06. The van der Waals surface area contributed by atoms with Crippen molar-refractivity contribution in [1.29, 1.82) is 0 Å². The second kappa shape index (κ2) is 6.55. The third kappa shape index (κ3) is 5.38. The molecular weight excluding hydrogens is 244 g/mol. The first-order chi connectivity index (χ1) is 8.30. The molecule has 0 aliphatic carbocycles. The number of benzene rings is 1. The lowest BCUT2D eigenvalue weighted by Gasteiger charge is -2.30. The van der Waals surface area contributed by atoms with Gasteiger partial charge in [-0.25, -0.2) is 0 Å². The van der Waals surface area contributed by atoms with E-state index >= 15 is 0 Å². The van der Waals surface area contributed by atoms with Crippen molar-refractivity contribution in [3.63, 3.8) is 0 Å². The summed E-state index contributed by atoms with van der Waals surface area (Å²) in [7, 11) is 4.23. The molecule has 0 amide bonds. The largest absolute Gasteiger partial charge is 0.310 e. The lowest BCUT2D eigenvalue weighted by molar-refractivity contribution is 0.227. The summed E-state index contributed by atoms with van der Waals surface area (Å²) < 4.78 is 0. The summed E-state index contributed by atoms with van der Waals surface area (Å²) in [6.45, 7) is 8.83. The van der Waals surface area contributed by atoms with Crippen molar-refractivity contribution in [2.75, 3.05) is 27.2 Å². The van der Waals surface area contributed by atoms with Gasteiger partial charge in [-0.1, -0.05) is 37.6 Å². The van der Waals surface area contributed by atoms with E-state index in [-0.39, 0.29) is 5.41 Å². The summed E-state index contributed by atoms with van der Waals surface area (Å²) in [5.41, 5.74) is 1.55. The maximum atomic E-state index is 5.90. The summed E-state index contributed by atoms with van der Waals surface area (Å²) in [5.74, 6) is 0. The van der Waals surface area contributed by atoms with Gasteiger partial charge in [-0.2, -0.15) is 0 Å². The number of nitrogens with zero attached hydrogens (tertiary/aromatic N) is 1. The summed E-state index contributed by atoms with van der Waals surface area (Å²) in [4.78, 5) is 2.23. The fourth-order valence-corrected chi connectivity index (χ4v) is 2.34. The van der Waals surface area contributed by atoms with E-state index in [9.17, 15) is 0 Å². The Balaban J connectivity index is 2.50. The zero-order valence-corrected chi connectivity index (χ0v) is 12.9. The van der Waals surface area contributed by atoms with Gasteiger partial charge in [0.1, 0.15) is 0 Å². The van der Waals surface area contributed by atoms with Crippen LogP contribution in [0.1, 0.15) is 32.4 Å². The van der Waals surface area contributed by atoms with Gasteiger partial charge in [-0.15, -0.1) is 0 Å². The first-order valence-electron chi connectivity index (χ1n) is 6.44. The van der Waals surface area contributed by atoms with Crippen LogP contribution in [-0.2, 0) is 0 Å². The maximum Gasteiger partial charge on any atom is 0.0406 e. The monoisotopic (exact) mass is 268 g/mol. The summed E-state index contributed by atoms with van der Waals surface area (Å²) in [5, 5.41) is 4.38. The minimum Gasteiger partial charge on any atom is -0.310 e. The maximum absolute atomic E-state index is 5.90. The fraction of sp³-hybridized carbons (Fsp3) is 0.600. The molecule has 2 nitrogen and oxygen atoms in total. The Hall–Kier alpha value is -0.570. The topological polar surface area (TPSA) is 15.3 Å². The number of hydrogen-bond donors (Lipinski definition) is 1. The average molecular weight is 269 g/mol. The van der Waals surface area contributed by atoms with Gasteiger partial charge >= 0.3 is 0 Å². The van der Waals surface area contributed by atoms with E-state index < -0.39 is 0 Å². The molecule has 0 heterocycles. The van der Waals surface area contributed by atoms with Crippen LogP contribution >= 0.6 is 11.6 Å². The average Bonchev–Trinajstić information content (AvgIpc) is 2.25. The molecular formula is C15H25ClN2. The normalized spacial score (nSPS) is 13.9. The van der Waals surface area contributed by atoms with Crippen molar-refractivity contribution < 1.29 is 0 Å². The van der Waals surface area contributed by atoms with Gasteiger partial charge in [-0.05, 0) is 44.1 Å². The van der Waals surface area contributed by atoms with Crippen molar-refractivity contribution >= 4 is 11.6 Å². The van der Waals surface area contributed by atoms with Crippen LogP contribution in [0.15, 0.2) is 24.3 Å². The zero-order chi connectivity index (χ0) is 13.8. The molecule has 3 heteroatoms. The number of hydrogen-bond acceptors (Lipinski definition) is 2. The number of nitrogens with one attached hydrogen (secondary N) is 1. The Morgan fingerprint density at radius 2 is 1.78 bits per heavy atom. The summed E-state index contributed by atoms with van der Waals surface area (Å²) >= 11 is 5.90. The van der Waals surface area contributed by atoms with Crippen LogP contribution in [0.25, 0.3) is 0 Å². The van der Waals surface area contributed by atoms with E-state index in [1.54, 1.807) is 0 Å². The van der Waals surface area contributed by atoms with Crippen molar-refractivity contribution in [1.82, 2.24) is 10.2 Å². The van der Waals surface area contributed by atoms with Crippen LogP contribution in [-0.4, -0.2) is 32.1 Å². The summed E-state index contributed by atoms with van der Waals surface area (Å²) in [6.07, 6.45) is 0. The van der Waals surface area contributed by atoms with E-state index in [1.807, 2.05) is 12.1 Å². The highest BCUT2D eigenvalue weighted by atomic mass is 35.5. The Kier molecular flexibility index (Phi) is 5.64. The first-order valence-corrected chi connectivity index (χ1v) is 6.81. The van der Waals surface area contributed by atoms with E-state index in [0.717, 1.165) is 18.1 Å². The molecule has 0 spiro atoms. The highest BCUT2D eigenvalue weighted by molar-refractivity contribution is 6.30. The van der Waals surface area contributed by atoms with Gasteiger partial charge in [0.25, 0.3) is 0 Å². The molecule has 1 N–H and O–H groups in total. The van der Waals surface area contributed by atoms with Crippen LogP contribution in [0.2, 0.25) is 5.02 Å². The first kappa shape index (κ1) is 15.5. The SMILES string of the molecule is CC(NCC(C)(C)CN(C)C)c1ccc(Cl)cc1. The smallest absolute Gasteiger partial charge is 0.0406 e. The zero-order valence-electron chi connectivity index (χ0n) is 12.1. The quantitative estimate of drug-likeness (QED) is 0.848. The fourth-order valence-electron chi connectivity index (χ4n) is 2.21. The Bertz CT molecular complexity index is 357. The molecule has 18 heavy (non-hydrogen) atoms. The molecule has 1 unspecified atom stereocenters. The Labute approximate surface area is 116 Å². The van der Waals surface area contributed by atoms with Gasteiger partial charge < -0.3 is 10.2 Å². The van der Waals surface area contributed by atoms with E-state index in [4.69, 9.17) is 11.6 Å². The van der Waals surface area contributed by atoms with Crippen LogP contribution in [0.4, 0.5) is 0 Å². The molecule has 0 aromatic heterocycles. The predicted molar refractivity (Wildman–Crippen MR) is 80.2 cm³/mol. The molecule has 0 bridgehead atoms. The van der Waals surface area contributed by atoms with Crippen LogP contribution < -0.4 is 5.32 Å². The van der Waals surface area contributed by atoms with Gasteiger partial charge in [-0.3, -0.25) is 0 Å². The lowest BCUT2D eigenvalue weighted by atomic mass is 9.92. The minimum atomic E-state index is 0.268. The number of halogens is 1. The molecule has 0 aliphatic heterocycles. The molecule has 1 aromatic rings. The van der Waals surface area contributed by atoms with E-state index in [2.05, 4.69) is 57.2 Å². The lowest BCUT2D eigenvalue weighted by Crippen LogP contribution is -2.38. The third-order valence-electron chi connectivity index (χ3n) is 3.00. The van der Waals surface area contributed by atoms with Gasteiger partial charge in [0.05, 0.1) is 0 Å². The molecule has 0 fully saturated rings. The predicted octanol–water partition coefficient (Wildman–Crippen LogP) is 3.58. The van der Waals surface area contributed by atoms with Gasteiger partial charge in [0.2, 0.25) is 0 Å².